The molecule has 0 bridgehead atoms. The molecule has 0 saturated heterocycles. The standard InChI is InChI=1S/C10H17N3O2S/c1-4-5-8-12-13-10(16-8)11-6-7(2)9(14)15-3/h7H,4-6H2,1-3H3,(H,11,13). The van der Waals surface area contributed by atoms with Crippen LogP contribution in [0.1, 0.15) is 25.3 Å². The van der Waals surface area contributed by atoms with Gasteiger partial charge in [-0.05, 0) is 6.42 Å². The van der Waals surface area contributed by atoms with Crippen molar-refractivity contribution in [3.8, 4) is 0 Å². The van der Waals surface area contributed by atoms with E-state index < -0.39 is 0 Å². The van der Waals surface area contributed by atoms with Crippen molar-refractivity contribution in [2.45, 2.75) is 26.7 Å². The third kappa shape index (κ3) is 3.77. The highest BCUT2D eigenvalue weighted by Crippen LogP contribution is 2.16. The number of methoxy groups -OCH3 is 1. The van der Waals surface area contributed by atoms with Crippen molar-refractivity contribution in [2.75, 3.05) is 19.0 Å². The van der Waals surface area contributed by atoms with Crippen molar-refractivity contribution in [3.05, 3.63) is 5.01 Å². The Bertz CT molecular complexity index is 341. The number of aryl methyl sites for hydroxylation is 1. The Hall–Kier alpha value is -1.17. The van der Waals surface area contributed by atoms with Crippen molar-refractivity contribution in [2.24, 2.45) is 5.92 Å². The second-order valence-corrected chi connectivity index (χ2v) is 4.62. The zero-order valence-electron chi connectivity index (χ0n) is 9.82. The molecular formula is C10H17N3O2S. The Balaban J connectivity index is 2.39. The fraction of sp³-hybridized carbons (Fsp3) is 0.700. The molecule has 0 aromatic carbocycles. The lowest BCUT2D eigenvalue weighted by Gasteiger charge is -2.08. The summed E-state index contributed by atoms with van der Waals surface area (Å²) in [5, 5.41) is 12.9. The van der Waals surface area contributed by atoms with Crippen molar-refractivity contribution in [1.82, 2.24) is 10.2 Å². The average Bonchev–Trinajstić information content (AvgIpc) is 2.73. The third-order valence-electron chi connectivity index (χ3n) is 2.09. The van der Waals surface area contributed by atoms with Gasteiger partial charge in [0.2, 0.25) is 5.13 Å². The van der Waals surface area contributed by atoms with E-state index >= 15 is 0 Å². The number of carbonyl (C=O) groups is 1. The molecular weight excluding hydrogens is 226 g/mol. The molecule has 0 amide bonds. The molecule has 6 heteroatoms. The summed E-state index contributed by atoms with van der Waals surface area (Å²) in [6.07, 6.45) is 2.01. The summed E-state index contributed by atoms with van der Waals surface area (Å²) in [7, 11) is 1.39. The molecule has 0 radical (unpaired) electrons. The third-order valence-corrected chi connectivity index (χ3v) is 3.03. The average molecular weight is 243 g/mol. The highest BCUT2D eigenvalue weighted by molar-refractivity contribution is 7.15. The monoisotopic (exact) mass is 243 g/mol. The lowest BCUT2D eigenvalue weighted by molar-refractivity contribution is -0.144. The maximum Gasteiger partial charge on any atom is 0.310 e. The zero-order valence-corrected chi connectivity index (χ0v) is 10.6. The van der Waals surface area contributed by atoms with E-state index in [-0.39, 0.29) is 11.9 Å². The summed E-state index contributed by atoms with van der Waals surface area (Å²) in [5.74, 6) is -0.394. The van der Waals surface area contributed by atoms with Crippen molar-refractivity contribution >= 4 is 22.4 Å². The van der Waals surface area contributed by atoms with Crippen LogP contribution in [0.25, 0.3) is 0 Å². The maximum absolute atomic E-state index is 11.1. The van der Waals surface area contributed by atoms with E-state index in [9.17, 15) is 4.79 Å². The van der Waals surface area contributed by atoms with Gasteiger partial charge < -0.3 is 10.1 Å². The van der Waals surface area contributed by atoms with E-state index in [1.54, 1.807) is 0 Å². The van der Waals surface area contributed by atoms with Gasteiger partial charge in [0.1, 0.15) is 5.01 Å². The molecule has 1 aromatic heterocycles. The largest absolute Gasteiger partial charge is 0.469 e. The molecule has 0 aliphatic carbocycles. The number of hydrogen-bond acceptors (Lipinski definition) is 6. The van der Waals surface area contributed by atoms with Crippen LogP contribution >= 0.6 is 11.3 Å². The minimum absolute atomic E-state index is 0.177. The van der Waals surface area contributed by atoms with Gasteiger partial charge >= 0.3 is 5.97 Å². The first-order valence-electron chi connectivity index (χ1n) is 5.31. The molecule has 5 nitrogen and oxygen atoms in total. The van der Waals surface area contributed by atoms with Crippen LogP contribution < -0.4 is 5.32 Å². The lowest BCUT2D eigenvalue weighted by Crippen LogP contribution is -2.21. The Morgan fingerprint density at radius 3 is 2.94 bits per heavy atom. The molecule has 1 rings (SSSR count). The van der Waals surface area contributed by atoms with Gasteiger partial charge in [0, 0.05) is 13.0 Å². The second kappa shape index (κ2) is 6.42. The van der Waals surface area contributed by atoms with Gasteiger partial charge in [-0.15, -0.1) is 10.2 Å². The van der Waals surface area contributed by atoms with Gasteiger partial charge in [0.25, 0.3) is 0 Å². The Kier molecular flexibility index (Phi) is 5.18. The lowest BCUT2D eigenvalue weighted by atomic mass is 10.2. The van der Waals surface area contributed by atoms with Crippen LogP contribution in [0.3, 0.4) is 0 Å². The van der Waals surface area contributed by atoms with Crippen molar-refractivity contribution in [1.29, 1.82) is 0 Å². The Morgan fingerprint density at radius 2 is 2.31 bits per heavy atom. The van der Waals surface area contributed by atoms with Crippen LogP contribution in [-0.2, 0) is 16.0 Å². The molecule has 1 aromatic rings. The van der Waals surface area contributed by atoms with Crippen LogP contribution in [0.15, 0.2) is 0 Å². The minimum Gasteiger partial charge on any atom is -0.469 e. The normalized spacial score (nSPS) is 12.2. The van der Waals surface area contributed by atoms with Crippen LogP contribution in [-0.4, -0.2) is 29.8 Å². The highest BCUT2D eigenvalue weighted by Gasteiger charge is 2.13. The van der Waals surface area contributed by atoms with Crippen LogP contribution in [0, 0.1) is 5.92 Å². The van der Waals surface area contributed by atoms with Gasteiger partial charge in [-0.2, -0.15) is 0 Å². The van der Waals surface area contributed by atoms with E-state index in [1.165, 1.54) is 18.4 Å². The summed E-state index contributed by atoms with van der Waals surface area (Å²) in [4.78, 5) is 11.1. The summed E-state index contributed by atoms with van der Waals surface area (Å²) in [5.41, 5.74) is 0. The fourth-order valence-corrected chi connectivity index (χ4v) is 2.01. The SMILES string of the molecule is CCCc1nnc(NCC(C)C(=O)OC)s1. The molecule has 1 atom stereocenters. The first kappa shape index (κ1) is 12.9. The number of ether oxygens (including phenoxy) is 1. The fourth-order valence-electron chi connectivity index (χ4n) is 1.16. The summed E-state index contributed by atoms with van der Waals surface area (Å²) < 4.78 is 4.63. The molecule has 0 aliphatic heterocycles. The molecule has 0 spiro atoms. The first-order chi connectivity index (χ1) is 7.67. The van der Waals surface area contributed by atoms with E-state index in [0.717, 1.165) is 23.0 Å². The molecule has 90 valence electrons. The second-order valence-electron chi connectivity index (χ2n) is 3.56. The number of carbonyl (C=O) groups excluding carboxylic acids is 1. The Morgan fingerprint density at radius 1 is 1.56 bits per heavy atom. The molecule has 0 fully saturated rings. The van der Waals surface area contributed by atoms with E-state index in [4.69, 9.17) is 0 Å². The van der Waals surface area contributed by atoms with Gasteiger partial charge in [0.15, 0.2) is 0 Å². The summed E-state index contributed by atoms with van der Waals surface area (Å²) >= 11 is 1.53. The molecule has 1 heterocycles. The number of nitrogens with one attached hydrogen (secondary N) is 1. The highest BCUT2D eigenvalue weighted by atomic mass is 32.1. The summed E-state index contributed by atoms with van der Waals surface area (Å²) in [6.45, 7) is 4.44. The molecule has 0 saturated carbocycles. The van der Waals surface area contributed by atoms with Gasteiger partial charge in [-0.25, -0.2) is 0 Å². The summed E-state index contributed by atoms with van der Waals surface area (Å²) in [6, 6.07) is 0. The van der Waals surface area contributed by atoms with E-state index in [1.807, 2.05) is 6.92 Å². The Labute approximate surface area is 99.2 Å². The number of esters is 1. The van der Waals surface area contributed by atoms with E-state index in [2.05, 4.69) is 27.2 Å². The van der Waals surface area contributed by atoms with Gasteiger partial charge in [0.05, 0.1) is 13.0 Å². The molecule has 16 heavy (non-hydrogen) atoms. The predicted octanol–water partition coefficient (Wildman–Crippen LogP) is 1.71. The zero-order chi connectivity index (χ0) is 12.0. The van der Waals surface area contributed by atoms with Crippen LogP contribution in [0.2, 0.25) is 0 Å². The van der Waals surface area contributed by atoms with Crippen LogP contribution in [0.5, 0.6) is 0 Å². The number of anilines is 1. The van der Waals surface area contributed by atoms with Gasteiger partial charge in [-0.3, -0.25) is 4.79 Å². The quantitative estimate of drug-likeness (QED) is 0.771. The number of rotatable bonds is 6. The first-order valence-corrected chi connectivity index (χ1v) is 6.13. The van der Waals surface area contributed by atoms with Crippen molar-refractivity contribution < 1.29 is 9.53 Å². The molecule has 1 unspecified atom stereocenters. The van der Waals surface area contributed by atoms with E-state index in [0.29, 0.717) is 6.54 Å². The minimum atomic E-state index is -0.217. The number of hydrogen-bond donors (Lipinski definition) is 1. The smallest absolute Gasteiger partial charge is 0.310 e. The van der Waals surface area contributed by atoms with Crippen LogP contribution in [0.4, 0.5) is 5.13 Å². The maximum atomic E-state index is 11.1. The predicted molar refractivity (Wildman–Crippen MR) is 63.6 cm³/mol. The van der Waals surface area contributed by atoms with Gasteiger partial charge in [-0.1, -0.05) is 25.2 Å². The molecule has 0 aliphatic rings. The number of nitrogens with zero attached hydrogens (tertiary/aromatic N) is 2. The molecule has 1 N–H and O–H groups in total. The number of aromatic nitrogens is 2. The van der Waals surface area contributed by atoms with Crippen molar-refractivity contribution in [3.63, 3.8) is 0 Å². The topological polar surface area (TPSA) is 64.1 Å².